The summed E-state index contributed by atoms with van der Waals surface area (Å²) in [6.07, 6.45) is 10.6. The maximum Gasteiger partial charge on any atom is 0.315 e. The van der Waals surface area contributed by atoms with Crippen LogP contribution in [-0.4, -0.2) is 50.5 Å². The van der Waals surface area contributed by atoms with Gasteiger partial charge >= 0.3 is 6.03 Å². The molecule has 2 heterocycles. The number of pyridine rings is 1. The average Bonchev–Trinajstić information content (AvgIpc) is 2.89. The van der Waals surface area contributed by atoms with Gasteiger partial charge in [-0.15, -0.1) is 0 Å². The maximum atomic E-state index is 12.3. The van der Waals surface area contributed by atoms with Gasteiger partial charge in [0.2, 0.25) is 0 Å². The number of nitrogens with one attached hydrogen (secondary N) is 3. The van der Waals surface area contributed by atoms with Gasteiger partial charge in [-0.05, 0) is 43.0 Å². The summed E-state index contributed by atoms with van der Waals surface area (Å²) >= 11 is 0. The number of hydrogen-bond donors (Lipinski definition) is 3. The van der Waals surface area contributed by atoms with Crippen LogP contribution < -0.4 is 16.0 Å². The highest BCUT2D eigenvalue weighted by atomic mass is 16.5. The largest absolute Gasteiger partial charge is 0.491 e. The van der Waals surface area contributed by atoms with Crippen molar-refractivity contribution in [1.29, 1.82) is 0 Å². The van der Waals surface area contributed by atoms with Crippen molar-refractivity contribution in [2.75, 3.05) is 38.7 Å². The number of carbonyl (C=O) groups excluding carboxylic acids is 1. The van der Waals surface area contributed by atoms with E-state index in [2.05, 4.69) is 27.0 Å². The van der Waals surface area contributed by atoms with E-state index in [9.17, 15) is 4.79 Å². The molecule has 3 N–H and O–H groups in total. The minimum atomic E-state index is -0.243. The lowest BCUT2D eigenvalue weighted by atomic mass is 10.1. The van der Waals surface area contributed by atoms with Crippen molar-refractivity contribution >= 4 is 11.8 Å². The van der Waals surface area contributed by atoms with Gasteiger partial charge in [0.05, 0.1) is 12.6 Å². The maximum absolute atomic E-state index is 12.3. The summed E-state index contributed by atoms with van der Waals surface area (Å²) in [5.41, 5.74) is 3.25. The van der Waals surface area contributed by atoms with Gasteiger partial charge in [-0.3, -0.25) is 0 Å². The number of aryl methyl sites for hydroxylation is 1. The molecule has 7 nitrogen and oxygen atoms in total. The van der Waals surface area contributed by atoms with E-state index >= 15 is 0 Å². The van der Waals surface area contributed by atoms with Crippen molar-refractivity contribution < 1.29 is 14.3 Å². The van der Waals surface area contributed by atoms with Crippen molar-refractivity contribution in [3.63, 3.8) is 0 Å². The second-order valence-corrected chi connectivity index (χ2v) is 7.12. The monoisotopic (exact) mass is 398 g/mol. The lowest BCUT2D eigenvalue weighted by Gasteiger charge is -2.17. The Bertz CT molecular complexity index is 801. The number of fused-ring (bicyclic) bond motifs is 1. The number of carbonyl (C=O) groups is 1. The van der Waals surface area contributed by atoms with E-state index in [1.54, 1.807) is 7.11 Å². The highest BCUT2D eigenvalue weighted by Crippen LogP contribution is 2.19. The minimum Gasteiger partial charge on any atom is -0.491 e. The van der Waals surface area contributed by atoms with Crippen LogP contribution in [0.5, 0.6) is 0 Å². The first-order valence-electron chi connectivity index (χ1n) is 10.1. The molecule has 1 unspecified atom stereocenters. The van der Waals surface area contributed by atoms with Crippen molar-refractivity contribution in [2.24, 2.45) is 0 Å². The third kappa shape index (κ3) is 6.35. The number of ether oxygens (including phenoxy) is 2. The standard InChI is InChI=1S/C22H30N4O3/c1-16-5-3-7-19(15-20(16)29-14-13-28-2)26-22(27)24-12-10-18-9-8-17-6-4-11-23-21(17)25-18/h3,5,7-9,15,19H,4,6,10-14H2,1-2H3,(H,23,25)(H2,24,26,27). The quantitative estimate of drug-likeness (QED) is 0.587. The summed E-state index contributed by atoms with van der Waals surface area (Å²) in [6.45, 7) is 4.45. The smallest absolute Gasteiger partial charge is 0.315 e. The van der Waals surface area contributed by atoms with Crippen LogP contribution in [0.3, 0.4) is 0 Å². The average molecular weight is 399 g/mol. The molecule has 0 saturated carbocycles. The number of amides is 2. The molecule has 1 aromatic heterocycles. The van der Waals surface area contributed by atoms with E-state index < -0.39 is 0 Å². The molecule has 1 aromatic rings. The Morgan fingerprint density at radius 2 is 2.24 bits per heavy atom. The van der Waals surface area contributed by atoms with Gasteiger partial charge in [0, 0.05) is 32.3 Å². The SMILES string of the molecule is COCCOC1=CC(NC(=O)NCCc2ccc3c(n2)NCCC3)C=CC=C1C. The van der Waals surface area contributed by atoms with Gasteiger partial charge in [-0.1, -0.05) is 24.3 Å². The van der Waals surface area contributed by atoms with Crippen LogP contribution in [0.25, 0.3) is 0 Å². The molecule has 29 heavy (non-hydrogen) atoms. The number of allylic oxidation sites excluding steroid dienone is 3. The van der Waals surface area contributed by atoms with Gasteiger partial charge in [0.1, 0.15) is 18.2 Å². The van der Waals surface area contributed by atoms with Gasteiger partial charge in [0.25, 0.3) is 0 Å². The number of aromatic nitrogens is 1. The summed E-state index contributed by atoms with van der Waals surface area (Å²) in [6, 6.07) is 3.71. The molecular weight excluding hydrogens is 368 g/mol. The molecule has 2 aliphatic rings. The van der Waals surface area contributed by atoms with Crippen LogP contribution >= 0.6 is 0 Å². The fourth-order valence-corrected chi connectivity index (χ4v) is 3.25. The molecule has 0 saturated heterocycles. The molecule has 0 spiro atoms. The Kier molecular flexibility index (Phi) is 7.69. The topological polar surface area (TPSA) is 84.5 Å². The second-order valence-electron chi connectivity index (χ2n) is 7.12. The number of hydrogen-bond acceptors (Lipinski definition) is 5. The van der Waals surface area contributed by atoms with Crippen LogP contribution in [0, 0.1) is 0 Å². The zero-order valence-electron chi connectivity index (χ0n) is 17.2. The molecule has 156 valence electrons. The fraction of sp³-hybridized carbons (Fsp3) is 0.455. The molecule has 7 heteroatoms. The fourth-order valence-electron chi connectivity index (χ4n) is 3.25. The van der Waals surface area contributed by atoms with Crippen LogP contribution in [0.4, 0.5) is 10.6 Å². The highest BCUT2D eigenvalue weighted by Gasteiger charge is 2.13. The predicted molar refractivity (Wildman–Crippen MR) is 114 cm³/mol. The first-order valence-corrected chi connectivity index (χ1v) is 10.1. The van der Waals surface area contributed by atoms with Crippen molar-refractivity contribution in [3.8, 4) is 0 Å². The van der Waals surface area contributed by atoms with Crippen molar-refractivity contribution in [2.45, 2.75) is 32.2 Å². The molecule has 2 amide bonds. The molecule has 0 fully saturated rings. The first-order chi connectivity index (χ1) is 14.2. The minimum absolute atomic E-state index is 0.220. The number of nitrogens with zero attached hydrogens (tertiary/aromatic N) is 1. The van der Waals surface area contributed by atoms with Gasteiger partial charge < -0.3 is 25.4 Å². The number of anilines is 1. The third-order valence-corrected chi connectivity index (χ3v) is 4.85. The molecule has 1 aliphatic carbocycles. The van der Waals surface area contributed by atoms with E-state index in [4.69, 9.17) is 9.47 Å². The Morgan fingerprint density at radius 1 is 1.34 bits per heavy atom. The van der Waals surface area contributed by atoms with Crippen LogP contribution in [-0.2, 0) is 22.3 Å². The van der Waals surface area contributed by atoms with Crippen molar-refractivity contribution in [3.05, 3.63) is 59.0 Å². The zero-order valence-corrected chi connectivity index (χ0v) is 17.2. The van der Waals surface area contributed by atoms with E-state index in [-0.39, 0.29) is 12.1 Å². The molecule has 3 rings (SSSR count). The Morgan fingerprint density at radius 3 is 3.10 bits per heavy atom. The van der Waals surface area contributed by atoms with Gasteiger partial charge in [0.15, 0.2) is 0 Å². The van der Waals surface area contributed by atoms with Crippen LogP contribution in [0.15, 0.2) is 47.8 Å². The summed E-state index contributed by atoms with van der Waals surface area (Å²) in [5, 5.41) is 9.19. The molecule has 1 aliphatic heterocycles. The third-order valence-electron chi connectivity index (χ3n) is 4.85. The lowest BCUT2D eigenvalue weighted by molar-refractivity contribution is 0.112. The Hall–Kier alpha value is -2.80. The van der Waals surface area contributed by atoms with E-state index in [1.807, 2.05) is 37.3 Å². The van der Waals surface area contributed by atoms with Crippen LogP contribution in [0.1, 0.15) is 24.6 Å². The number of methoxy groups -OCH3 is 1. The Balaban J connectivity index is 1.47. The molecular formula is C22H30N4O3. The summed E-state index contributed by atoms with van der Waals surface area (Å²) in [5.74, 6) is 1.74. The van der Waals surface area contributed by atoms with E-state index in [0.29, 0.717) is 26.2 Å². The molecule has 0 aromatic carbocycles. The zero-order chi connectivity index (χ0) is 20.5. The molecule has 1 atom stereocenters. The second kappa shape index (κ2) is 10.7. The Labute approximate surface area is 172 Å². The summed E-state index contributed by atoms with van der Waals surface area (Å²) in [4.78, 5) is 17.0. The normalized spacial score (nSPS) is 17.9. The van der Waals surface area contributed by atoms with Crippen molar-refractivity contribution in [1.82, 2.24) is 15.6 Å². The number of urea groups is 1. The van der Waals surface area contributed by atoms with Gasteiger partial charge in [-0.2, -0.15) is 0 Å². The van der Waals surface area contributed by atoms with E-state index in [0.717, 1.165) is 42.2 Å². The number of rotatable bonds is 8. The highest BCUT2D eigenvalue weighted by molar-refractivity contribution is 5.74. The first kappa shape index (κ1) is 20.9. The molecule has 0 radical (unpaired) electrons. The summed E-state index contributed by atoms with van der Waals surface area (Å²) in [7, 11) is 1.64. The van der Waals surface area contributed by atoms with Crippen LogP contribution in [0.2, 0.25) is 0 Å². The summed E-state index contributed by atoms with van der Waals surface area (Å²) < 4.78 is 10.8. The predicted octanol–water partition coefficient (Wildman–Crippen LogP) is 2.71. The van der Waals surface area contributed by atoms with Gasteiger partial charge in [-0.25, -0.2) is 9.78 Å². The lowest BCUT2D eigenvalue weighted by Crippen LogP contribution is -2.41. The van der Waals surface area contributed by atoms with E-state index in [1.165, 1.54) is 5.56 Å². The molecule has 0 bridgehead atoms.